The highest BCUT2D eigenvalue weighted by Crippen LogP contribution is 2.29. The Labute approximate surface area is 181 Å². The first-order valence-electron chi connectivity index (χ1n) is 10.0. The minimum atomic E-state index is -0.518. The van der Waals surface area contributed by atoms with Crippen molar-refractivity contribution in [2.24, 2.45) is 0 Å². The van der Waals surface area contributed by atoms with Crippen LogP contribution in [0.25, 0.3) is 0 Å². The van der Waals surface area contributed by atoms with Gasteiger partial charge >= 0.3 is 0 Å². The van der Waals surface area contributed by atoms with E-state index in [0.29, 0.717) is 31.9 Å². The van der Waals surface area contributed by atoms with Crippen LogP contribution < -0.4 is 10.1 Å². The molecule has 31 heavy (non-hydrogen) atoms. The van der Waals surface area contributed by atoms with Gasteiger partial charge in [0.05, 0.1) is 29.8 Å². The lowest BCUT2D eigenvalue weighted by atomic mass is 10.1. The van der Waals surface area contributed by atoms with Crippen molar-refractivity contribution in [2.45, 2.75) is 19.0 Å². The number of piperazine rings is 1. The maximum atomic E-state index is 12.8. The second-order valence-corrected chi connectivity index (χ2v) is 7.32. The minimum absolute atomic E-state index is 0.124. The molecular formula is C22H25N5O4. The fourth-order valence-electron chi connectivity index (χ4n) is 3.70. The van der Waals surface area contributed by atoms with Crippen LogP contribution in [0.3, 0.4) is 0 Å². The Morgan fingerprint density at radius 1 is 1.16 bits per heavy atom. The van der Waals surface area contributed by atoms with E-state index in [2.05, 4.69) is 16.3 Å². The van der Waals surface area contributed by atoms with E-state index in [1.165, 1.54) is 25.3 Å². The molecule has 0 aromatic heterocycles. The third-order valence-corrected chi connectivity index (χ3v) is 5.53. The van der Waals surface area contributed by atoms with Crippen LogP contribution in [0.5, 0.6) is 5.75 Å². The number of nitro benzene ring substituents is 1. The van der Waals surface area contributed by atoms with Crippen molar-refractivity contribution in [1.82, 2.24) is 9.80 Å². The van der Waals surface area contributed by atoms with Crippen molar-refractivity contribution in [3.63, 3.8) is 0 Å². The fraction of sp³-hybridized carbons (Fsp3) is 0.364. The number of ether oxygens (including phenoxy) is 1. The molecule has 2 aromatic carbocycles. The molecule has 0 spiro atoms. The molecule has 0 bridgehead atoms. The van der Waals surface area contributed by atoms with Gasteiger partial charge in [0.1, 0.15) is 11.8 Å². The number of nitrogens with one attached hydrogen (secondary N) is 1. The van der Waals surface area contributed by atoms with Crippen LogP contribution in [0.15, 0.2) is 48.5 Å². The number of hydrogen-bond donors (Lipinski definition) is 1. The number of carbonyl (C=O) groups is 1. The van der Waals surface area contributed by atoms with Crippen LogP contribution in [0.4, 0.5) is 11.4 Å². The van der Waals surface area contributed by atoms with Crippen molar-refractivity contribution in [3.8, 4) is 11.8 Å². The number of amides is 1. The zero-order valence-electron chi connectivity index (χ0n) is 17.5. The highest BCUT2D eigenvalue weighted by molar-refractivity contribution is 5.96. The molecule has 2 unspecified atom stereocenters. The van der Waals surface area contributed by atoms with Crippen LogP contribution in [0.1, 0.15) is 18.5 Å². The average Bonchev–Trinajstić information content (AvgIpc) is 2.80. The molecule has 2 atom stereocenters. The third kappa shape index (κ3) is 5.17. The number of nitro groups is 1. The summed E-state index contributed by atoms with van der Waals surface area (Å²) in [7, 11) is 1.44. The van der Waals surface area contributed by atoms with E-state index in [0.717, 1.165) is 5.56 Å². The smallest absolute Gasteiger partial charge is 0.271 e. The Morgan fingerprint density at radius 2 is 1.81 bits per heavy atom. The number of nitrogens with zero attached hydrogens (tertiary/aromatic N) is 4. The van der Waals surface area contributed by atoms with E-state index >= 15 is 0 Å². The van der Waals surface area contributed by atoms with Crippen molar-refractivity contribution < 1.29 is 14.5 Å². The summed E-state index contributed by atoms with van der Waals surface area (Å²) in [5, 5.41) is 23.4. The Balaban J connectivity index is 1.62. The molecule has 0 aliphatic carbocycles. The molecule has 0 radical (unpaired) electrons. The lowest BCUT2D eigenvalue weighted by Gasteiger charge is -2.39. The maximum absolute atomic E-state index is 12.8. The van der Waals surface area contributed by atoms with Crippen LogP contribution in [0, 0.1) is 21.4 Å². The topological polar surface area (TPSA) is 112 Å². The molecule has 162 valence electrons. The third-order valence-electron chi connectivity index (χ3n) is 5.53. The number of nitriles is 1. The highest BCUT2D eigenvalue weighted by atomic mass is 16.6. The number of rotatable bonds is 7. The van der Waals surface area contributed by atoms with Gasteiger partial charge in [-0.1, -0.05) is 30.3 Å². The van der Waals surface area contributed by atoms with Gasteiger partial charge in [0.2, 0.25) is 5.91 Å². The summed E-state index contributed by atoms with van der Waals surface area (Å²) < 4.78 is 5.21. The number of benzene rings is 2. The van der Waals surface area contributed by atoms with Crippen molar-refractivity contribution >= 4 is 17.3 Å². The number of carbonyl (C=O) groups excluding carboxylic acids is 1. The fourth-order valence-corrected chi connectivity index (χ4v) is 3.70. The van der Waals surface area contributed by atoms with Crippen molar-refractivity contribution in [1.29, 1.82) is 5.26 Å². The van der Waals surface area contributed by atoms with E-state index in [1.54, 1.807) is 6.92 Å². The van der Waals surface area contributed by atoms with Gasteiger partial charge in [-0.2, -0.15) is 5.26 Å². The van der Waals surface area contributed by atoms with Crippen LogP contribution in [-0.4, -0.2) is 60.0 Å². The molecule has 9 heteroatoms. The van der Waals surface area contributed by atoms with Gasteiger partial charge in [0.15, 0.2) is 0 Å². The Morgan fingerprint density at radius 3 is 2.39 bits per heavy atom. The largest absolute Gasteiger partial charge is 0.495 e. The summed E-state index contributed by atoms with van der Waals surface area (Å²) in [5.41, 5.74) is 1.10. The molecule has 2 aromatic rings. The van der Waals surface area contributed by atoms with Gasteiger partial charge in [0, 0.05) is 38.3 Å². The van der Waals surface area contributed by atoms with E-state index in [-0.39, 0.29) is 23.3 Å². The predicted octanol–water partition coefficient (Wildman–Crippen LogP) is 2.81. The van der Waals surface area contributed by atoms with Crippen molar-refractivity contribution in [3.05, 3.63) is 64.2 Å². The summed E-state index contributed by atoms with van der Waals surface area (Å²) >= 11 is 0. The van der Waals surface area contributed by atoms with Gasteiger partial charge in [-0.05, 0) is 18.6 Å². The lowest BCUT2D eigenvalue weighted by molar-refractivity contribution is -0.384. The molecule has 1 N–H and O–H groups in total. The van der Waals surface area contributed by atoms with E-state index in [1.807, 2.05) is 35.2 Å². The summed E-state index contributed by atoms with van der Waals surface area (Å²) in [5.74, 6) is 0.0860. The predicted molar refractivity (Wildman–Crippen MR) is 116 cm³/mol. The van der Waals surface area contributed by atoms with Crippen LogP contribution in [-0.2, 0) is 4.79 Å². The van der Waals surface area contributed by atoms with E-state index < -0.39 is 11.0 Å². The van der Waals surface area contributed by atoms with E-state index in [4.69, 9.17) is 4.74 Å². The summed E-state index contributed by atoms with van der Waals surface area (Å²) in [6, 6.07) is 15.4. The number of hydrogen-bond acceptors (Lipinski definition) is 7. The SMILES string of the molecule is COc1ccc([N+](=O)[O-])cc1NC(=O)C(C)N1CCN(C(C#N)c2ccccc2)CC1. The van der Waals surface area contributed by atoms with Gasteiger partial charge in [-0.3, -0.25) is 24.7 Å². The summed E-state index contributed by atoms with van der Waals surface area (Å²) in [6.45, 7) is 4.38. The molecule has 9 nitrogen and oxygen atoms in total. The number of anilines is 1. The molecule has 0 saturated carbocycles. The van der Waals surface area contributed by atoms with Crippen LogP contribution in [0.2, 0.25) is 0 Å². The summed E-state index contributed by atoms with van der Waals surface area (Å²) in [4.78, 5) is 27.5. The first kappa shape index (κ1) is 22.2. The molecule has 1 heterocycles. The Hall–Kier alpha value is -3.48. The first-order valence-corrected chi connectivity index (χ1v) is 10.0. The Kier molecular flexibility index (Phi) is 7.18. The molecule has 1 aliphatic heterocycles. The standard InChI is InChI=1S/C22H25N5O4/c1-16(22(28)24-19-14-18(27(29)30)8-9-21(19)31-2)25-10-12-26(13-11-25)20(15-23)17-6-4-3-5-7-17/h3-9,14,16,20H,10-13H2,1-2H3,(H,24,28). The molecule has 1 amide bonds. The van der Waals surface area contributed by atoms with Gasteiger partial charge in [-0.15, -0.1) is 0 Å². The monoisotopic (exact) mass is 423 g/mol. The second-order valence-electron chi connectivity index (χ2n) is 7.32. The molecule has 1 fully saturated rings. The first-order chi connectivity index (χ1) is 14.9. The number of non-ortho nitro benzene ring substituents is 1. The maximum Gasteiger partial charge on any atom is 0.271 e. The minimum Gasteiger partial charge on any atom is -0.495 e. The quantitative estimate of drug-likeness (QED) is 0.538. The number of methoxy groups -OCH3 is 1. The van der Waals surface area contributed by atoms with E-state index in [9.17, 15) is 20.2 Å². The molecule has 1 saturated heterocycles. The van der Waals surface area contributed by atoms with Gasteiger partial charge in [0.25, 0.3) is 5.69 Å². The zero-order chi connectivity index (χ0) is 22.4. The molecule has 3 rings (SSSR count). The second kappa shape index (κ2) is 10.0. The normalized spacial score (nSPS) is 16.7. The Bertz CT molecular complexity index is 968. The summed E-state index contributed by atoms with van der Waals surface area (Å²) in [6.07, 6.45) is 0. The van der Waals surface area contributed by atoms with Crippen LogP contribution >= 0.6 is 0 Å². The average molecular weight is 423 g/mol. The van der Waals surface area contributed by atoms with Gasteiger partial charge in [-0.25, -0.2) is 0 Å². The molecular weight excluding hydrogens is 398 g/mol. The zero-order valence-corrected chi connectivity index (χ0v) is 17.5. The van der Waals surface area contributed by atoms with Crippen molar-refractivity contribution in [2.75, 3.05) is 38.6 Å². The highest BCUT2D eigenvalue weighted by Gasteiger charge is 2.29. The van der Waals surface area contributed by atoms with Gasteiger partial charge < -0.3 is 10.1 Å². The lowest BCUT2D eigenvalue weighted by Crippen LogP contribution is -2.53. The molecule has 1 aliphatic rings.